The Morgan fingerprint density at radius 3 is 2.75 bits per heavy atom. The van der Waals surface area contributed by atoms with Crippen LogP contribution in [0.2, 0.25) is 0 Å². The van der Waals surface area contributed by atoms with Crippen molar-refractivity contribution in [1.29, 1.82) is 0 Å². The lowest BCUT2D eigenvalue weighted by molar-refractivity contribution is -0.137. The molecule has 0 fully saturated rings. The third-order valence-electron chi connectivity index (χ3n) is 3.11. The maximum atomic E-state index is 11.6. The highest BCUT2D eigenvalue weighted by atomic mass is 32.2. The number of amides is 1. The Labute approximate surface area is 140 Å². The number of benzene rings is 1. The van der Waals surface area contributed by atoms with E-state index in [2.05, 4.69) is 20.4 Å². The van der Waals surface area contributed by atoms with E-state index < -0.39 is 12.5 Å². The normalized spacial score (nSPS) is 10.7. The van der Waals surface area contributed by atoms with Gasteiger partial charge in [-0.05, 0) is 12.1 Å². The summed E-state index contributed by atoms with van der Waals surface area (Å²) in [4.78, 5) is 30.5. The molecule has 1 aromatic carbocycles. The summed E-state index contributed by atoms with van der Waals surface area (Å²) in [6.45, 7) is -0.398. The van der Waals surface area contributed by atoms with Gasteiger partial charge in [0.1, 0.15) is 17.9 Å². The zero-order valence-electron chi connectivity index (χ0n) is 12.4. The summed E-state index contributed by atoms with van der Waals surface area (Å²) in [5, 5.41) is 16.5. The highest BCUT2D eigenvalue weighted by Gasteiger charge is 2.13. The van der Waals surface area contributed by atoms with E-state index in [0.29, 0.717) is 10.7 Å². The largest absolute Gasteiger partial charge is 0.480 e. The first-order valence-corrected chi connectivity index (χ1v) is 7.99. The molecule has 0 bridgehead atoms. The fourth-order valence-corrected chi connectivity index (χ4v) is 2.85. The molecule has 1 amide bonds. The van der Waals surface area contributed by atoms with Crippen LogP contribution in [-0.4, -0.2) is 49.0 Å². The van der Waals surface area contributed by atoms with Crippen LogP contribution in [-0.2, 0) is 9.59 Å². The average molecular weight is 343 g/mol. The topological polar surface area (TPSA) is 110 Å². The van der Waals surface area contributed by atoms with E-state index in [0.717, 1.165) is 11.1 Å². The van der Waals surface area contributed by atoms with Crippen molar-refractivity contribution in [3.63, 3.8) is 0 Å². The van der Waals surface area contributed by atoms with Crippen LogP contribution in [0.3, 0.4) is 0 Å². The molecule has 8 nitrogen and oxygen atoms in total. The smallest absolute Gasteiger partial charge is 0.322 e. The number of hydrogen-bond acceptors (Lipinski definition) is 6. The standard InChI is InChI=1S/C15H13N5O3S/c21-12(16-7-13(22)23)8-24-15-11-6-19-20(14(11)17-9-18-15)10-4-2-1-3-5-10/h1-6,9H,7-8H2,(H,16,21)(H,22,23). The quantitative estimate of drug-likeness (QED) is 0.509. The van der Waals surface area contributed by atoms with E-state index >= 15 is 0 Å². The summed E-state index contributed by atoms with van der Waals surface area (Å²) in [5.41, 5.74) is 1.52. The third kappa shape index (κ3) is 3.51. The van der Waals surface area contributed by atoms with Crippen LogP contribution in [0.25, 0.3) is 16.7 Å². The summed E-state index contributed by atoms with van der Waals surface area (Å²) in [5.74, 6) is -1.39. The van der Waals surface area contributed by atoms with Gasteiger partial charge in [0.2, 0.25) is 5.91 Å². The molecule has 122 valence electrons. The second-order valence-electron chi connectivity index (χ2n) is 4.77. The Morgan fingerprint density at radius 1 is 1.21 bits per heavy atom. The fourth-order valence-electron chi connectivity index (χ4n) is 2.05. The molecule has 0 aliphatic carbocycles. The molecule has 2 aromatic heterocycles. The van der Waals surface area contributed by atoms with Crippen LogP contribution >= 0.6 is 11.8 Å². The van der Waals surface area contributed by atoms with Gasteiger partial charge in [0.15, 0.2) is 5.65 Å². The lowest BCUT2D eigenvalue weighted by Gasteiger charge is -2.04. The van der Waals surface area contributed by atoms with Gasteiger partial charge in [0.25, 0.3) is 0 Å². The number of carbonyl (C=O) groups is 2. The van der Waals surface area contributed by atoms with Gasteiger partial charge in [-0.2, -0.15) is 5.10 Å². The second kappa shape index (κ2) is 7.09. The molecule has 2 heterocycles. The summed E-state index contributed by atoms with van der Waals surface area (Å²) in [6, 6.07) is 9.57. The molecule has 24 heavy (non-hydrogen) atoms. The van der Waals surface area contributed by atoms with Gasteiger partial charge in [0, 0.05) is 0 Å². The number of hydrogen-bond donors (Lipinski definition) is 2. The van der Waals surface area contributed by atoms with Crippen LogP contribution in [0.4, 0.5) is 0 Å². The highest BCUT2D eigenvalue weighted by Crippen LogP contribution is 2.25. The van der Waals surface area contributed by atoms with Crippen molar-refractivity contribution in [2.24, 2.45) is 0 Å². The van der Waals surface area contributed by atoms with E-state index in [-0.39, 0.29) is 11.7 Å². The van der Waals surface area contributed by atoms with Gasteiger partial charge in [0.05, 0.1) is 23.0 Å². The van der Waals surface area contributed by atoms with Crippen molar-refractivity contribution in [2.75, 3.05) is 12.3 Å². The Kier molecular flexibility index (Phi) is 4.71. The van der Waals surface area contributed by atoms with Crippen LogP contribution in [0.1, 0.15) is 0 Å². The Bertz CT molecular complexity index is 881. The number of thioether (sulfide) groups is 1. The maximum Gasteiger partial charge on any atom is 0.322 e. The lowest BCUT2D eigenvalue weighted by Crippen LogP contribution is -2.30. The summed E-state index contributed by atoms with van der Waals surface area (Å²) < 4.78 is 1.70. The number of nitrogens with one attached hydrogen (secondary N) is 1. The average Bonchev–Trinajstić information content (AvgIpc) is 3.03. The zero-order chi connectivity index (χ0) is 16.9. The molecule has 0 aliphatic rings. The molecule has 0 saturated heterocycles. The molecule has 0 spiro atoms. The van der Waals surface area contributed by atoms with E-state index in [9.17, 15) is 9.59 Å². The number of fused-ring (bicyclic) bond motifs is 1. The number of aliphatic carboxylic acids is 1. The third-order valence-corrected chi connectivity index (χ3v) is 4.11. The molecule has 0 aliphatic heterocycles. The summed E-state index contributed by atoms with van der Waals surface area (Å²) in [6.07, 6.45) is 3.07. The number of carboxylic acid groups (broad SMARTS) is 1. The maximum absolute atomic E-state index is 11.6. The number of aromatic nitrogens is 4. The molecule has 0 atom stereocenters. The monoisotopic (exact) mass is 343 g/mol. The van der Waals surface area contributed by atoms with Crippen LogP contribution in [0, 0.1) is 0 Å². The number of carbonyl (C=O) groups excluding carboxylic acids is 1. The predicted molar refractivity (Wildman–Crippen MR) is 88.0 cm³/mol. The Morgan fingerprint density at radius 2 is 2.00 bits per heavy atom. The Hall–Kier alpha value is -2.94. The van der Waals surface area contributed by atoms with Gasteiger partial charge < -0.3 is 10.4 Å². The van der Waals surface area contributed by atoms with Crippen molar-refractivity contribution < 1.29 is 14.7 Å². The van der Waals surface area contributed by atoms with Crippen molar-refractivity contribution in [2.45, 2.75) is 5.03 Å². The molecule has 9 heteroatoms. The van der Waals surface area contributed by atoms with Crippen molar-refractivity contribution in [3.8, 4) is 5.69 Å². The Balaban J connectivity index is 1.79. The van der Waals surface area contributed by atoms with Crippen molar-refractivity contribution >= 4 is 34.7 Å². The minimum absolute atomic E-state index is 0.0654. The molecule has 0 unspecified atom stereocenters. The van der Waals surface area contributed by atoms with Gasteiger partial charge >= 0.3 is 5.97 Å². The van der Waals surface area contributed by atoms with Crippen molar-refractivity contribution in [3.05, 3.63) is 42.9 Å². The predicted octanol–water partition coefficient (Wildman–Crippen LogP) is 1.11. The molecule has 2 N–H and O–H groups in total. The highest BCUT2D eigenvalue weighted by molar-refractivity contribution is 8.00. The first-order chi connectivity index (χ1) is 11.6. The molecule has 0 saturated carbocycles. The molecule has 0 radical (unpaired) electrons. The molecule has 3 aromatic rings. The summed E-state index contributed by atoms with van der Waals surface area (Å²) >= 11 is 1.21. The van der Waals surface area contributed by atoms with Crippen LogP contribution in [0.5, 0.6) is 0 Å². The number of nitrogens with zero attached hydrogens (tertiary/aromatic N) is 4. The molecular formula is C15H13N5O3S. The van der Waals surface area contributed by atoms with Crippen LogP contribution in [0.15, 0.2) is 47.9 Å². The first kappa shape index (κ1) is 15.9. The van der Waals surface area contributed by atoms with E-state index in [1.807, 2.05) is 30.3 Å². The molecule has 3 rings (SSSR count). The number of rotatable bonds is 6. The van der Waals surface area contributed by atoms with Gasteiger partial charge in [-0.25, -0.2) is 14.6 Å². The van der Waals surface area contributed by atoms with Gasteiger partial charge in [-0.3, -0.25) is 9.59 Å². The van der Waals surface area contributed by atoms with Crippen LogP contribution < -0.4 is 5.32 Å². The van der Waals surface area contributed by atoms with Crippen molar-refractivity contribution in [1.82, 2.24) is 25.1 Å². The number of para-hydroxylation sites is 1. The van der Waals surface area contributed by atoms with E-state index in [1.54, 1.807) is 10.9 Å². The minimum atomic E-state index is -1.08. The molecular weight excluding hydrogens is 330 g/mol. The van der Waals surface area contributed by atoms with Gasteiger partial charge in [-0.1, -0.05) is 30.0 Å². The number of carboxylic acids is 1. The SMILES string of the molecule is O=C(O)CNC(=O)CSc1ncnc2c1cnn2-c1ccccc1. The first-order valence-electron chi connectivity index (χ1n) is 7.00. The summed E-state index contributed by atoms with van der Waals surface area (Å²) in [7, 11) is 0. The fraction of sp³-hybridized carbons (Fsp3) is 0.133. The van der Waals surface area contributed by atoms with Gasteiger partial charge in [-0.15, -0.1) is 0 Å². The van der Waals surface area contributed by atoms with E-state index in [4.69, 9.17) is 5.11 Å². The zero-order valence-corrected chi connectivity index (χ0v) is 13.2. The minimum Gasteiger partial charge on any atom is -0.480 e. The lowest BCUT2D eigenvalue weighted by atomic mass is 10.3. The van der Waals surface area contributed by atoms with E-state index in [1.165, 1.54) is 18.1 Å². The second-order valence-corrected chi connectivity index (χ2v) is 5.73.